The Morgan fingerprint density at radius 3 is 2.18 bits per heavy atom. The van der Waals surface area contributed by atoms with Crippen molar-refractivity contribution in [3.8, 4) is 0 Å². The van der Waals surface area contributed by atoms with Crippen LogP contribution in [0.3, 0.4) is 0 Å². The first-order valence-corrected chi connectivity index (χ1v) is 3.54. The summed E-state index contributed by atoms with van der Waals surface area (Å²) in [5.41, 5.74) is 2.16. The third kappa shape index (κ3) is 2.65. The van der Waals surface area contributed by atoms with E-state index in [4.69, 9.17) is 0 Å². The summed E-state index contributed by atoms with van der Waals surface area (Å²) in [5.74, 6) is 0.520. The average molecular weight is 375 g/mol. The van der Waals surface area contributed by atoms with Crippen LogP contribution in [0.15, 0.2) is 0 Å². The summed E-state index contributed by atoms with van der Waals surface area (Å²) in [5, 5.41) is 4.19. The average Bonchev–Trinajstić information content (AvgIpc) is 2.10. The maximum Gasteiger partial charge on any atom is 0.0265 e. The van der Waals surface area contributed by atoms with E-state index in [1.165, 1.54) is 5.69 Å². The van der Waals surface area contributed by atoms with E-state index in [1.807, 2.05) is 18.7 Å². The maximum atomic E-state index is 4.19. The minimum atomic E-state index is 0. The fourth-order valence-corrected chi connectivity index (χ4v) is 1.09. The molecule has 0 N–H and O–H groups in total. The zero-order valence-electron chi connectivity index (χ0n) is 7.47. The van der Waals surface area contributed by atoms with Crippen molar-refractivity contribution in [2.75, 3.05) is 0 Å². The SMILES string of the molecule is Cc1[c-]c(C(C)C)n(C)n1.[U]. The monoisotopic (exact) mass is 375 g/mol. The van der Waals surface area contributed by atoms with Crippen LogP contribution in [0.2, 0.25) is 0 Å². The molecule has 60 valence electrons. The Kier molecular flexibility index (Phi) is 4.43. The third-order valence-electron chi connectivity index (χ3n) is 1.50. The van der Waals surface area contributed by atoms with Gasteiger partial charge in [-0.15, -0.1) is 11.4 Å². The number of nitrogens with zero attached hydrogens (tertiary/aromatic N) is 2. The van der Waals surface area contributed by atoms with E-state index >= 15 is 0 Å². The van der Waals surface area contributed by atoms with Gasteiger partial charge in [-0.1, -0.05) is 20.8 Å². The van der Waals surface area contributed by atoms with Crippen LogP contribution < -0.4 is 0 Å². The second kappa shape index (κ2) is 4.33. The van der Waals surface area contributed by atoms with Crippen LogP contribution in [-0.2, 0) is 7.05 Å². The topological polar surface area (TPSA) is 17.8 Å². The number of aromatic nitrogens is 2. The van der Waals surface area contributed by atoms with E-state index in [2.05, 4.69) is 25.0 Å². The van der Waals surface area contributed by atoms with Crippen LogP contribution in [0.25, 0.3) is 0 Å². The molecule has 11 heavy (non-hydrogen) atoms. The Labute approximate surface area is 91.7 Å². The molecule has 0 saturated carbocycles. The van der Waals surface area contributed by atoms with Crippen LogP contribution in [0.4, 0.5) is 0 Å². The van der Waals surface area contributed by atoms with Crippen molar-refractivity contribution in [3.63, 3.8) is 0 Å². The van der Waals surface area contributed by atoms with E-state index < -0.39 is 0 Å². The normalized spacial score (nSPS) is 9.91. The molecule has 1 aromatic heterocycles. The van der Waals surface area contributed by atoms with Crippen LogP contribution >= 0.6 is 0 Å². The molecular formula is C8H13N2U-. The van der Waals surface area contributed by atoms with Crippen molar-refractivity contribution in [2.45, 2.75) is 26.7 Å². The molecule has 0 saturated heterocycles. The Balaban J connectivity index is 0.000001000. The van der Waals surface area contributed by atoms with Crippen molar-refractivity contribution in [1.82, 2.24) is 9.78 Å². The largest absolute Gasteiger partial charge is 0.425 e. The van der Waals surface area contributed by atoms with E-state index in [0.29, 0.717) is 5.92 Å². The van der Waals surface area contributed by atoms with Gasteiger partial charge in [-0.05, 0) is 5.92 Å². The molecule has 0 radical (unpaired) electrons. The number of hydrogen-bond donors (Lipinski definition) is 0. The van der Waals surface area contributed by atoms with Gasteiger partial charge in [0.25, 0.3) is 0 Å². The van der Waals surface area contributed by atoms with E-state index in [-0.39, 0.29) is 31.1 Å². The van der Waals surface area contributed by atoms with Gasteiger partial charge >= 0.3 is 0 Å². The molecule has 2 nitrogen and oxygen atoms in total. The van der Waals surface area contributed by atoms with Crippen molar-refractivity contribution in [1.29, 1.82) is 0 Å². The molecule has 3 heteroatoms. The fourth-order valence-electron chi connectivity index (χ4n) is 1.09. The van der Waals surface area contributed by atoms with Gasteiger partial charge in [0.15, 0.2) is 0 Å². The van der Waals surface area contributed by atoms with Gasteiger partial charge in [-0.3, -0.25) is 0 Å². The number of rotatable bonds is 1. The summed E-state index contributed by atoms with van der Waals surface area (Å²) in [7, 11) is 1.96. The van der Waals surface area contributed by atoms with Crippen LogP contribution in [0.5, 0.6) is 0 Å². The van der Waals surface area contributed by atoms with Gasteiger partial charge in [-0.25, -0.2) is 5.10 Å². The Morgan fingerprint density at radius 2 is 2.00 bits per heavy atom. The zero-order chi connectivity index (χ0) is 7.72. The summed E-state index contributed by atoms with van der Waals surface area (Å²) in [6.45, 7) is 6.26. The predicted octanol–water partition coefficient (Wildman–Crippen LogP) is 1.65. The standard InChI is InChI=1S/C8H13N2.U/c1-6(2)8-5-7(3)9-10(8)4;/h6H,1-4H3;/q-1;. The van der Waals surface area contributed by atoms with E-state index in [1.54, 1.807) is 0 Å². The quantitative estimate of drug-likeness (QED) is 0.683. The maximum absolute atomic E-state index is 4.19. The molecule has 0 bridgehead atoms. The molecule has 0 spiro atoms. The van der Waals surface area contributed by atoms with Gasteiger partial charge in [-0.2, -0.15) is 0 Å². The molecular weight excluding hydrogens is 362 g/mol. The molecule has 0 aliphatic rings. The van der Waals surface area contributed by atoms with Crippen molar-refractivity contribution in [3.05, 3.63) is 17.5 Å². The fraction of sp³-hybridized carbons (Fsp3) is 0.625. The van der Waals surface area contributed by atoms with Gasteiger partial charge in [0.1, 0.15) is 0 Å². The molecule has 1 rings (SSSR count). The Hall–Kier alpha value is 0.262. The summed E-state index contributed by atoms with van der Waals surface area (Å²) in [4.78, 5) is 0. The first-order chi connectivity index (χ1) is 4.61. The summed E-state index contributed by atoms with van der Waals surface area (Å²) in [6.07, 6.45) is 0. The van der Waals surface area contributed by atoms with Gasteiger partial charge < -0.3 is 10.7 Å². The second-order valence-electron chi connectivity index (χ2n) is 2.87. The molecule has 1 heterocycles. The molecule has 0 aliphatic heterocycles. The first kappa shape index (κ1) is 11.3. The van der Waals surface area contributed by atoms with E-state index in [0.717, 1.165) is 5.69 Å². The molecule has 1 aromatic rings. The predicted molar refractivity (Wildman–Crippen MR) is 40.9 cm³/mol. The van der Waals surface area contributed by atoms with Gasteiger partial charge in [0.2, 0.25) is 0 Å². The summed E-state index contributed by atoms with van der Waals surface area (Å²) >= 11 is 0. The van der Waals surface area contributed by atoms with Crippen LogP contribution in [0.1, 0.15) is 31.2 Å². The van der Waals surface area contributed by atoms with Crippen LogP contribution in [0, 0.1) is 44.1 Å². The molecule has 0 unspecified atom stereocenters. The Bertz CT molecular complexity index is 228. The minimum absolute atomic E-state index is 0. The van der Waals surface area contributed by atoms with Crippen molar-refractivity contribution >= 4 is 0 Å². The Morgan fingerprint density at radius 1 is 1.45 bits per heavy atom. The molecule has 0 aromatic carbocycles. The second-order valence-corrected chi connectivity index (χ2v) is 2.87. The number of aryl methyl sites for hydroxylation is 2. The minimum Gasteiger partial charge on any atom is -0.425 e. The smallest absolute Gasteiger partial charge is 0.0265 e. The molecule has 0 amide bonds. The third-order valence-corrected chi connectivity index (χ3v) is 1.50. The van der Waals surface area contributed by atoms with Gasteiger partial charge in [0, 0.05) is 38.2 Å². The zero-order valence-corrected chi connectivity index (χ0v) is 11.6. The van der Waals surface area contributed by atoms with Gasteiger partial charge in [0.05, 0.1) is 0 Å². The number of hydrogen-bond acceptors (Lipinski definition) is 1. The summed E-state index contributed by atoms with van der Waals surface area (Å²) < 4.78 is 1.89. The molecule has 0 fully saturated rings. The molecule has 0 aliphatic carbocycles. The first-order valence-electron chi connectivity index (χ1n) is 3.54. The van der Waals surface area contributed by atoms with Crippen LogP contribution in [-0.4, -0.2) is 9.78 Å². The van der Waals surface area contributed by atoms with Crippen molar-refractivity contribution in [2.24, 2.45) is 7.05 Å². The van der Waals surface area contributed by atoms with Crippen molar-refractivity contribution < 1.29 is 31.1 Å². The van der Waals surface area contributed by atoms with E-state index in [9.17, 15) is 0 Å². The molecule has 0 atom stereocenters. The summed E-state index contributed by atoms with van der Waals surface area (Å²) in [6, 6.07) is 3.20.